The van der Waals surface area contributed by atoms with E-state index >= 15 is 0 Å². The Morgan fingerprint density at radius 3 is 2.73 bits per heavy atom. The lowest BCUT2D eigenvalue weighted by atomic mass is 10.1. The van der Waals surface area contributed by atoms with Crippen molar-refractivity contribution < 1.29 is 18.9 Å². The molecule has 0 fully saturated rings. The molecule has 1 atom stereocenters. The Morgan fingerprint density at radius 1 is 1.27 bits per heavy atom. The third-order valence-corrected chi connectivity index (χ3v) is 5.09. The summed E-state index contributed by atoms with van der Waals surface area (Å²) in [7, 11) is 1.93. The van der Waals surface area contributed by atoms with Crippen LogP contribution >= 0.6 is 27.3 Å². The zero-order valence-corrected chi connectivity index (χ0v) is 14.1. The minimum Gasteiger partial charge on any atom is -0.315 e. The predicted molar refractivity (Wildman–Crippen MR) is 85.7 cm³/mol. The van der Waals surface area contributed by atoms with Crippen LogP contribution in [0.4, 0.5) is 10.1 Å². The Bertz CT molecular complexity index is 762. The van der Waals surface area contributed by atoms with Crippen LogP contribution in [0.5, 0.6) is 0 Å². The number of benzene rings is 1. The first-order chi connectivity index (χ1) is 10.5. The Labute approximate surface area is 139 Å². The fourth-order valence-electron chi connectivity index (χ4n) is 2.49. The lowest BCUT2D eigenvalue weighted by molar-refractivity contribution is -0.892. The van der Waals surface area contributed by atoms with Gasteiger partial charge in [0.05, 0.1) is 27.0 Å². The second kappa shape index (κ2) is 5.91. The van der Waals surface area contributed by atoms with Crippen LogP contribution < -0.4 is 9.80 Å². The zero-order valence-electron chi connectivity index (χ0n) is 11.7. The van der Waals surface area contributed by atoms with Crippen LogP contribution in [0.1, 0.15) is 15.2 Å². The highest BCUT2D eigenvalue weighted by Crippen LogP contribution is 2.28. The lowest BCUT2D eigenvalue weighted by Gasteiger charge is -2.21. The molecule has 0 saturated carbocycles. The summed E-state index contributed by atoms with van der Waals surface area (Å²) in [4.78, 5) is 27.6. The summed E-state index contributed by atoms with van der Waals surface area (Å²) >= 11 is 5.04. The van der Waals surface area contributed by atoms with Crippen LogP contribution in [0.15, 0.2) is 34.1 Å². The van der Waals surface area contributed by atoms with E-state index in [0.717, 1.165) is 15.2 Å². The Morgan fingerprint density at radius 2 is 2.05 bits per heavy atom. The molecular formula is C15H13BrFN2O2S+. The maximum atomic E-state index is 13.4. The molecule has 1 N–H and O–H groups in total. The fraction of sp³-hybridized carbons (Fsp3) is 0.200. The Hall–Kier alpha value is -1.57. The van der Waals surface area contributed by atoms with Gasteiger partial charge in [0.25, 0.3) is 5.78 Å². The molecule has 0 radical (unpaired) electrons. The number of rotatable bonds is 4. The normalized spacial score (nSPS) is 15.3. The number of amides is 1. The molecule has 1 aromatic heterocycles. The number of Topliss-reactive ketones (excluding diaryl/α,β-unsaturated/α-hetero) is 1. The zero-order chi connectivity index (χ0) is 15.9. The number of hydrogen-bond donors (Lipinski definition) is 1. The number of nitrogens with zero attached hydrogens (tertiary/aromatic N) is 1. The van der Waals surface area contributed by atoms with E-state index in [-0.39, 0.29) is 5.56 Å². The number of nitrogens with one attached hydrogen (secondary N) is 1. The van der Waals surface area contributed by atoms with E-state index in [1.807, 2.05) is 19.2 Å². The van der Waals surface area contributed by atoms with Gasteiger partial charge in [-0.1, -0.05) is 0 Å². The van der Waals surface area contributed by atoms with Crippen molar-refractivity contribution in [1.82, 2.24) is 0 Å². The molecule has 2 aromatic rings. The van der Waals surface area contributed by atoms with Crippen LogP contribution in [0, 0.1) is 5.82 Å². The van der Waals surface area contributed by atoms with E-state index < -0.39 is 17.5 Å². The van der Waals surface area contributed by atoms with Crippen molar-refractivity contribution in [3.63, 3.8) is 0 Å². The lowest BCUT2D eigenvalue weighted by Crippen LogP contribution is -3.09. The minimum absolute atomic E-state index is 0.276. The van der Waals surface area contributed by atoms with Crippen molar-refractivity contribution in [1.29, 1.82) is 0 Å². The molecular weight excluding hydrogens is 371 g/mol. The summed E-state index contributed by atoms with van der Waals surface area (Å²) in [5, 5.41) is 0. The maximum absolute atomic E-state index is 13.4. The summed E-state index contributed by atoms with van der Waals surface area (Å²) in [6.45, 7) is 1.04. The number of halogens is 2. The Kier molecular flexibility index (Phi) is 4.12. The van der Waals surface area contributed by atoms with Crippen LogP contribution in [-0.4, -0.2) is 25.4 Å². The number of anilines is 1. The molecule has 1 aliphatic rings. The van der Waals surface area contributed by atoms with Crippen LogP contribution in [-0.2, 0) is 11.3 Å². The number of carbonyl (C=O) groups excluding carboxylic acids is 2. The first kappa shape index (κ1) is 15.3. The molecule has 4 nitrogen and oxygen atoms in total. The maximum Gasteiger partial charge on any atom is 0.303 e. The van der Waals surface area contributed by atoms with E-state index in [9.17, 15) is 14.0 Å². The second-order valence-electron chi connectivity index (χ2n) is 5.22. The molecule has 0 saturated heterocycles. The SMILES string of the molecule is C[NH+](Cc1ccc(Br)s1)CN1C(=O)C(=O)c2ccc(F)cc21. The van der Waals surface area contributed by atoms with Gasteiger partial charge in [0, 0.05) is 0 Å². The number of thiophene rings is 1. The number of quaternary nitrogens is 1. The monoisotopic (exact) mass is 383 g/mol. The molecule has 1 aromatic carbocycles. The highest BCUT2D eigenvalue weighted by Gasteiger charge is 2.37. The van der Waals surface area contributed by atoms with Crippen molar-refractivity contribution >= 4 is 44.6 Å². The van der Waals surface area contributed by atoms with Gasteiger partial charge in [-0.2, -0.15) is 0 Å². The third kappa shape index (κ3) is 2.84. The summed E-state index contributed by atoms with van der Waals surface area (Å²) < 4.78 is 14.5. The highest BCUT2D eigenvalue weighted by molar-refractivity contribution is 9.11. The third-order valence-electron chi connectivity index (χ3n) is 3.47. The number of carbonyl (C=O) groups is 2. The van der Waals surface area contributed by atoms with Gasteiger partial charge in [0.15, 0.2) is 6.67 Å². The van der Waals surface area contributed by atoms with Gasteiger partial charge in [-0.15, -0.1) is 11.3 Å². The summed E-state index contributed by atoms with van der Waals surface area (Å²) in [5.74, 6) is -1.61. The summed E-state index contributed by atoms with van der Waals surface area (Å²) in [6, 6.07) is 7.81. The fourth-order valence-corrected chi connectivity index (χ4v) is 4.09. The topological polar surface area (TPSA) is 41.8 Å². The average molecular weight is 384 g/mol. The summed E-state index contributed by atoms with van der Waals surface area (Å²) in [5.41, 5.74) is 0.639. The van der Waals surface area contributed by atoms with Crippen LogP contribution in [0.2, 0.25) is 0 Å². The van der Waals surface area contributed by atoms with Gasteiger partial charge in [-0.3, -0.25) is 14.5 Å². The summed E-state index contributed by atoms with van der Waals surface area (Å²) in [6.07, 6.45) is 0. The minimum atomic E-state index is -0.590. The molecule has 22 heavy (non-hydrogen) atoms. The van der Waals surface area contributed by atoms with Crippen molar-refractivity contribution in [2.24, 2.45) is 0 Å². The first-order valence-corrected chi connectivity index (χ1v) is 8.28. The van der Waals surface area contributed by atoms with Crippen molar-refractivity contribution in [3.05, 3.63) is 50.4 Å². The molecule has 114 valence electrons. The number of ketones is 1. The van der Waals surface area contributed by atoms with E-state index in [2.05, 4.69) is 15.9 Å². The largest absolute Gasteiger partial charge is 0.315 e. The van der Waals surface area contributed by atoms with Gasteiger partial charge >= 0.3 is 5.91 Å². The predicted octanol–water partition coefficient (Wildman–Crippen LogP) is 1.85. The van der Waals surface area contributed by atoms with Gasteiger partial charge in [-0.05, 0) is 46.3 Å². The van der Waals surface area contributed by atoms with Gasteiger partial charge < -0.3 is 4.90 Å². The highest BCUT2D eigenvalue weighted by atomic mass is 79.9. The first-order valence-electron chi connectivity index (χ1n) is 6.67. The molecule has 0 aliphatic carbocycles. The smallest absolute Gasteiger partial charge is 0.303 e. The molecule has 2 heterocycles. The van der Waals surface area contributed by atoms with Crippen LogP contribution in [0.25, 0.3) is 0 Å². The van der Waals surface area contributed by atoms with E-state index in [4.69, 9.17) is 0 Å². The van der Waals surface area contributed by atoms with Crippen LogP contribution in [0.3, 0.4) is 0 Å². The van der Waals surface area contributed by atoms with Gasteiger partial charge in [0.1, 0.15) is 12.4 Å². The quantitative estimate of drug-likeness (QED) is 0.818. The van der Waals surface area contributed by atoms with Crippen molar-refractivity contribution in [2.75, 3.05) is 18.6 Å². The second-order valence-corrected chi connectivity index (χ2v) is 7.77. The van der Waals surface area contributed by atoms with E-state index in [0.29, 0.717) is 12.4 Å². The molecule has 0 bridgehead atoms. The Balaban J connectivity index is 1.79. The number of fused-ring (bicyclic) bond motifs is 1. The van der Waals surface area contributed by atoms with Crippen molar-refractivity contribution in [3.8, 4) is 0 Å². The molecule has 3 rings (SSSR count). The van der Waals surface area contributed by atoms with E-state index in [1.165, 1.54) is 28.0 Å². The average Bonchev–Trinajstić information content (AvgIpc) is 2.96. The van der Waals surface area contributed by atoms with Gasteiger partial charge in [-0.25, -0.2) is 4.39 Å². The van der Waals surface area contributed by atoms with Crippen molar-refractivity contribution in [2.45, 2.75) is 6.54 Å². The molecule has 1 unspecified atom stereocenters. The molecule has 1 amide bonds. The number of hydrogen-bond acceptors (Lipinski definition) is 3. The molecule has 7 heteroatoms. The van der Waals surface area contributed by atoms with Gasteiger partial charge in [0.2, 0.25) is 0 Å². The molecule has 0 spiro atoms. The standard InChI is InChI=1S/C15H12BrFN2O2S/c1-18(7-10-3-5-13(16)22-10)8-19-12-6-9(17)2-4-11(12)14(20)15(19)21/h2-6H,7-8H2,1H3/p+1. The molecule has 1 aliphatic heterocycles. The van der Waals surface area contributed by atoms with E-state index in [1.54, 1.807) is 11.3 Å².